The second kappa shape index (κ2) is 5.07. The molecule has 0 amide bonds. The monoisotopic (exact) mass is 267 g/mol. The second-order valence-corrected chi connectivity index (χ2v) is 5.36. The standard InChI is InChI=1S/C13H14ClNOS/c1-4-9-7-10(5-6-11(9)16-3)13-15-8(2)12(14)17-13/h5-7H,4H2,1-3H3. The molecule has 1 heterocycles. The molecule has 0 fully saturated rings. The predicted molar refractivity (Wildman–Crippen MR) is 73.2 cm³/mol. The Hall–Kier alpha value is -1.06. The quantitative estimate of drug-likeness (QED) is 0.825. The molecule has 90 valence electrons. The first-order valence-corrected chi connectivity index (χ1v) is 6.65. The lowest BCUT2D eigenvalue weighted by Crippen LogP contribution is -1.91. The van der Waals surface area contributed by atoms with Crippen molar-refractivity contribution in [1.29, 1.82) is 0 Å². The second-order valence-electron chi connectivity index (χ2n) is 3.76. The zero-order valence-electron chi connectivity index (χ0n) is 10.1. The van der Waals surface area contributed by atoms with Crippen LogP contribution in [0.15, 0.2) is 18.2 Å². The van der Waals surface area contributed by atoms with Gasteiger partial charge in [-0.05, 0) is 37.1 Å². The molecule has 0 atom stereocenters. The summed E-state index contributed by atoms with van der Waals surface area (Å²) in [7, 11) is 1.69. The van der Waals surface area contributed by atoms with E-state index >= 15 is 0 Å². The van der Waals surface area contributed by atoms with Crippen LogP contribution in [0.5, 0.6) is 5.75 Å². The van der Waals surface area contributed by atoms with Crippen molar-refractivity contribution in [1.82, 2.24) is 4.98 Å². The van der Waals surface area contributed by atoms with Crippen molar-refractivity contribution in [2.24, 2.45) is 0 Å². The van der Waals surface area contributed by atoms with Gasteiger partial charge in [-0.25, -0.2) is 4.98 Å². The maximum Gasteiger partial charge on any atom is 0.125 e. The van der Waals surface area contributed by atoms with Crippen LogP contribution in [0.3, 0.4) is 0 Å². The van der Waals surface area contributed by atoms with Crippen molar-refractivity contribution in [3.63, 3.8) is 0 Å². The van der Waals surface area contributed by atoms with Crippen LogP contribution >= 0.6 is 22.9 Å². The first-order valence-electron chi connectivity index (χ1n) is 5.46. The lowest BCUT2D eigenvalue weighted by molar-refractivity contribution is 0.410. The van der Waals surface area contributed by atoms with E-state index in [1.165, 1.54) is 16.9 Å². The van der Waals surface area contributed by atoms with E-state index < -0.39 is 0 Å². The Labute approximate surface area is 110 Å². The van der Waals surface area contributed by atoms with Gasteiger partial charge in [-0.15, -0.1) is 11.3 Å². The minimum Gasteiger partial charge on any atom is -0.496 e. The highest BCUT2D eigenvalue weighted by Crippen LogP contribution is 2.33. The van der Waals surface area contributed by atoms with Gasteiger partial charge in [0.25, 0.3) is 0 Å². The molecule has 1 aromatic carbocycles. The first kappa shape index (κ1) is 12.4. The number of ether oxygens (including phenoxy) is 1. The molecule has 0 unspecified atom stereocenters. The van der Waals surface area contributed by atoms with Crippen molar-refractivity contribution >= 4 is 22.9 Å². The molecule has 2 rings (SSSR count). The molecule has 0 saturated heterocycles. The van der Waals surface area contributed by atoms with Gasteiger partial charge in [0.05, 0.1) is 12.8 Å². The van der Waals surface area contributed by atoms with E-state index in [2.05, 4.69) is 18.0 Å². The largest absolute Gasteiger partial charge is 0.496 e. The van der Waals surface area contributed by atoms with Gasteiger partial charge in [-0.3, -0.25) is 0 Å². The number of benzene rings is 1. The molecule has 0 spiro atoms. The molecule has 4 heteroatoms. The Morgan fingerprint density at radius 1 is 1.41 bits per heavy atom. The molecule has 0 aliphatic carbocycles. The van der Waals surface area contributed by atoms with E-state index in [-0.39, 0.29) is 0 Å². The number of halogens is 1. The summed E-state index contributed by atoms with van der Waals surface area (Å²) < 4.78 is 6.07. The average Bonchev–Trinajstić information content (AvgIpc) is 2.68. The smallest absolute Gasteiger partial charge is 0.125 e. The minimum absolute atomic E-state index is 0.758. The third-order valence-electron chi connectivity index (χ3n) is 2.65. The van der Waals surface area contributed by atoms with Gasteiger partial charge in [0.1, 0.15) is 15.1 Å². The van der Waals surface area contributed by atoms with E-state index in [1.807, 2.05) is 19.1 Å². The summed E-state index contributed by atoms with van der Waals surface area (Å²) >= 11 is 7.56. The average molecular weight is 268 g/mol. The van der Waals surface area contributed by atoms with E-state index in [0.29, 0.717) is 0 Å². The number of hydrogen-bond donors (Lipinski definition) is 0. The molecular weight excluding hydrogens is 254 g/mol. The summed E-state index contributed by atoms with van der Waals surface area (Å²) in [6.45, 7) is 4.04. The van der Waals surface area contributed by atoms with Gasteiger partial charge in [-0.2, -0.15) is 0 Å². The summed E-state index contributed by atoms with van der Waals surface area (Å²) in [5, 5.41) is 0.963. The number of rotatable bonds is 3. The topological polar surface area (TPSA) is 22.1 Å². The highest BCUT2D eigenvalue weighted by atomic mass is 35.5. The number of hydrogen-bond acceptors (Lipinski definition) is 3. The Kier molecular flexibility index (Phi) is 3.69. The fraction of sp³-hybridized carbons (Fsp3) is 0.308. The third kappa shape index (κ3) is 2.45. The molecular formula is C13H14ClNOS. The zero-order chi connectivity index (χ0) is 12.4. The fourth-order valence-corrected chi connectivity index (χ4v) is 2.74. The summed E-state index contributed by atoms with van der Waals surface area (Å²) in [6.07, 6.45) is 0.940. The SMILES string of the molecule is CCc1cc(-c2nc(C)c(Cl)s2)ccc1OC. The van der Waals surface area contributed by atoms with E-state index in [9.17, 15) is 0 Å². The molecule has 17 heavy (non-hydrogen) atoms. The van der Waals surface area contributed by atoms with Crippen LogP contribution in [0.25, 0.3) is 10.6 Å². The van der Waals surface area contributed by atoms with Crippen molar-refractivity contribution in [3.05, 3.63) is 33.8 Å². The molecule has 0 N–H and O–H groups in total. The van der Waals surface area contributed by atoms with Crippen LogP contribution in [-0.2, 0) is 6.42 Å². The Morgan fingerprint density at radius 3 is 2.71 bits per heavy atom. The molecule has 0 saturated carbocycles. The first-order chi connectivity index (χ1) is 8.15. The number of nitrogens with zero attached hydrogens (tertiary/aromatic N) is 1. The van der Waals surface area contributed by atoms with Gasteiger partial charge < -0.3 is 4.74 Å². The Bertz CT molecular complexity index is 517. The number of thiazole rings is 1. The molecule has 1 aromatic heterocycles. The fourth-order valence-electron chi connectivity index (χ4n) is 1.69. The van der Waals surface area contributed by atoms with Crippen LogP contribution in [0.1, 0.15) is 18.2 Å². The molecule has 2 aromatic rings. The number of aryl methyl sites for hydroxylation is 2. The minimum atomic E-state index is 0.758. The molecule has 0 radical (unpaired) electrons. The van der Waals surface area contributed by atoms with E-state index in [1.54, 1.807) is 7.11 Å². The van der Waals surface area contributed by atoms with Crippen LogP contribution in [0.4, 0.5) is 0 Å². The molecule has 0 aliphatic heterocycles. The van der Waals surface area contributed by atoms with Gasteiger partial charge in [-0.1, -0.05) is 18.5 Å². The lowest BCUT2D eigenvalue weighted by Gasteiger charge is -2.07. The predicted octanol–water partition coefficient (Wildman–Crippen LogP) is 4.34. The van der Waals surface area contributed by atoms with Crippen LogP contribution in [0, 0.1) is 6.92 Å². The van der Waals surface area contributed by atoms with Crippen LogP contribution < -0.4 is 4.74 Å². The van der Waals surface area contributed by atoms with Crippen molar-refractivity contribution < 1.29 is 4.74 Å². The maximum absolute atomic E-state index is 6.04. The van der Waals surface area contributed by atoms with Crippen molar-refractivity contribution in [2.75, 3.05) is 7.11 Å². The zero-order valence-corrected chi connectivity index (χ0v) is 11.7. The van der Waals surface area contributed by atoms with E-state index in [4.69, 9.17) is 16.3 Å². The van der Waals surface area contributed by atoms with Crippen LogP contribution in [0.2, 0.25) is 4.34 Å². The molecule has 0 aliphatic rings. The van der Waals surface area contributed by atoms with Crippen molar-refractivity contribution in [3.8, 4) is 16.3 Å². The Balaban J connectivity index is 2.46. The summed E-state index contributed by atoms with van der Waals surface area (Å²) in [4.78, 5) is 4.46. The van der Waals surface area contributed by atoms with Crippen LogP contribution in [-0.4, -0.2) is 12.1 Å². The number of methoxy groups -OCH3 is 1. The highest BCUT2D eigenvalue weighted by molar-refractivity contribution is 7.19. The maximum atomic E-state index is 6.04. The third-order valence-corrected chi connectivity index (χ3v) is 4.15. The number of aromatic nitrogens is 1. The lowest BCUT2D eigenvalue weighted by atomic mass is 10.1. The van der Waals surface area contributed by atoms with Crippen molar-refractivity contribution in [2.45, 2.75) is 20.3 Å². The van der Waals surface area contributed by atoms with Gasteiger partial charge >= 0.3 is 0 Å². The molecule has 0 bridgehead atoms. The van der Waals surface area contributed by atoms with Gasteiger partial charge in [0.15, 0.2) is 0 Å². The van der Waals surface area contributed by atoms with Gasteiger partial charge in [0, 0.05) is 5.56 Å². The molecule has 2 nitrogen and oxygen atoms in total. The normalized spacial score (nSPS) is 10.6. The van der Waals surface area contributed by atoms with E-state index in [0.717, 1.165) is 32.8 Å². The summed E-state index contributed by atoms with van der Waals surface area (Å²) in [5.41, 5.74) is 3.18. The van der Waals surface area contributed by atoms with Gasteiger partial charge in [0.2, 0.25) is 0 Å². The summed E-state index contributed by atoms with van der Waals surface area (Å²) in [6, 6.07) is 6.12. The highest BCUT2D eigenvalue weighted by Gasteiger charge is 2.09. The Morgan fingerprint density at radius 2 is 2.18 bits per heavy atom. The summed E-state index contributed by atoms with van der Waals surface area (Å²) in [5.74, 6) is 0.927.